The van der Waals surface area contributed by atoms with Crippen molar-refractivity contribution in [2.45, 2.75) is 64.5 Å². The molecule has 2 rings (SSSR count). The molecule has 0 spiro atoms. The van der Waals surface area contributed by atoms with Crippen LogP contribution in [0.3, 0.4) is 0 Å². The van der Waals surface area contributed by atoms with Crippen LogP contribution in [0.1, 0.15) is 52.4 Å². The van der Waals surface area contributed by atoms with Crippen molar-refractivity contribution in [2.75, 3.05) is 6.54 Å². The Labute approximate surface area is 105 Å². The van der Waals surface area contributed by atoms with Gasteiger partial charge in [0.25, 0.3) is 0 Å². The number of hydrogen-bond donors (Lipinski definition) is 2. The molecule has 3 heteroatoms. The van der Waals surface area contributed by atoms with Gasteiger partial charge in [0.05, 0.1) is 6.04 Å². The van der Waals surface area contributed by atoms with Gasteiger partial charge in [-0.15, -0.1) is 0 Å². The summed E-state index contributed by atoms with van der Waals surface area (Å²) in [4.78, 5) is 12.0. The lowest BCUT2D eigenvalue weighted by Gasteiger charge is -2.24. The summed E-state index contributed by atoms with van der Waals surface area (Å²) in [5, 5.41) is 6.52. The van der Waals surface area contributed by atoms with E-state index in [2.05, 4.69) is 17.6 Å². The molecule has 98 valence electrons. The fourth-order valence-electron chi connectivity index (χ4n) is 2.68. The van der Waals surface area contributed by atoms with Crippen molar-refractivity contribution in [1.82, 2.24) is 10.6 Å². The second-order valence-electron chi connectivity index (χ2n) is 5.95. The summed E-state index contributed by atoms with van der Waals surface area (Å²) >= 11 is 0. The average Bonchev–Trinajstić information content (AvgIpc) is 3.03. The SMILES string of the molecule is CC(NCC1CC1C)C(=O)NC1CCCCC1. The minimum atomic E-state index is -0.0373. The lowest BCUT2D eigenvalue weighted by molar-refractivity contribution is -0.123. The molecule has 3 atom stereocenters. The lowest BCUT2D eigenvalue weighted by Crippen LogP contribution is -2.47. The highest BCUT2D eigenvalue weighted by molar-refractivity contribution is 5.81. The van der Waals surface area contributed by atoms with Crippen molar-refractivity contribution in [3.05, 3.63) is 0 Å². The first-order chi connectivity index (χ1) is 8.16. The quantitative estimate of drug-likeness (QED) is 0.770. The summed E-state index contributed by atoms with van der Waals surface area (Å²) < 4.78 is 0. The van der Waals surface area contributed by atoms with Crippen molar-refractivity contribution >= 4 is 5.91 Å². The highest BCUT2D eigenvalue weighted by atomic mass is 16.2. The van der Waals surface area contributed by atoms with E-state index in [0.717, 1.165) is 31.2 Å². The third-order valence-corrected chi connectivity index (χ3v) is 4.31. The van der Waals surface area contributed by atoms with Crippen LogP contribution in [0.4, 0.5) is 0 Å². The molecule has 0 aromatic carbocycles. The zero-order valence-electron chi connectivity index (χ0n) is 11.2. The molecule has 2 fully saturated rings. The van der Waals surface area contributed by atoms with E-state index in [4.69, 9.17) is 0 Å². The molecular formula is C14H26N2O. The molecule has 17 heavy (non-hydrogen) atoms. The predicted molar refractivity (Wildman–Crippen MR) is 69.8 cm³/mol. The fraction of sp³-hybridized carbons (Fsp3) is 0.929. The Morgan fingerprint density at radius 2 is 1.94 bits per heavy atom. The van der Waals surface area contributed by atoms with Crippen LogP contribution in [0.15, 0.2) is 0 Å². The topological polar surface area (TPSA) is 41.1 Å². The van der Waals surface area contributed by atoms with E-state index >= 15 is 0 Å². The van der Waals surface area contributed by atoms with Gasteiger partial charge in [0.1, 0.15) is 0 Å². The van der Waals surface area contributed by atoms with Gasteiger partial charge in [-0.05, 0) is 44.6 Å². The Balaban J connectivity index is 1.63. The Bertz CT molecular complexity index is 261. The lowest BCUT2D eigenvalue weighted by atomic mass is 9.95. The molecule has 2 aliphatic carbocycles. The van der Waals surface area contributed by atoms with E-state index in [1.54, 1.807) is 0 Å². The molecule has 2 aliphatic rings. The average molecular weight is 238 g/mol. The van der Waals surface area contributed by atoms with Gasteiger partial charge in [-0.2, -0.15) is 0 Å². The zero-order valence-corrected chi connectivity index (χ0v) is 11.2. The molecular weight excluding hydrogens is 212 g/mol. The Kier molecular flexibility index (Phi) is 4.43. The van der Waals surface area contributed by atoms with Crippen LogP contribution in [0.5, 0.6) is 0 Å². The largest absolute Gasteiger partial charge is 0.352 e. The minimum absolute atomic E-state index is 0.0373. The van der Waals surface area contributed by atoms with Gasteiger partial charge < -0.3 is 10.6 Å². The zero-order chi connectivity index (χ0) is 12.3. The van der Waals surface area contributed by atoms with Crippen LogP contribution in [0.25, 0.3) is 0 Å². The molecule has 3 unspecified atom stereocenters. The maximum atomic E-state index is 12.0. The van der Waals surface area contributed by atoms with Crippen LogP contribution >= 0.6 is 0 Å². The summed E-state index contributed by atoms with van der Waals surface area (Å²) in [5.41, 5.74) is 0. The van der Waals surface area contributed by atoms with Crippen LogP contribution in [0, 0.1) is 11.8 Å². The molecule has 2 N–H and O–H groups in total. The fourth-order valence-corrected chi connectivity index (χ4v) is 2.68. The van der Waals surface area contributed by atoms with Crippen molar-refractivity contribution in [2.24, 2.45) is 11.8 Å². The summed E-state index contributed by atoms with van der Waals surface area (Å²) in [6.45, 7) is 5.25. The standard InChI is InChI=1S/C14H26N2O/c1-10-8-12(10)9-15-11(2)14(17)16-13-6-4-3-5-7-13/h10-13,15H,3-9H2,1-2H3,(H,16,17). The van der Waals surface area contributed by atoms with Gasteiger partial charge in [-0.3, -0.25) is 4.79 Å². The smallest absolute Gasteiger partial charge is 0.237 e. The third kappa shape index (κ3) is 3.98. The molecule has 3 nitrogen and oxygen atoms in total. The molecule has 0 aliphatic heterocycles. The molecule has 1 amide bonds. The summed E-state index contributed by atoms with van der Waals surface area (Å²) in [6, 6.07) is 0.394. The second kappa shape index (κ2) is 5.85. The number of hydrogen-bond acceptors (Lipinski definition) is 2. The van der Waals surface area contributed by atoms with Crippen LogP contribution < -0.4 is 10.6 Å². The number of carbonyl (C=O) groups is 1. The Morgan fingerprint density at radius 3 is 2.53 bits per heavy atom. The van der Waals surface area contributed by atoms with E-state index in [1.807, 2.05) is 6.92 Å². The summed E-state index contributed by atoms with van der Waals surface area (Å²) in [6.07, 6.45) is 7.53. The molecule has 0 heterocycles. The van der Waals surface area contributed by atoms with Crippen molar-refractivity contribution in [1.29, 1.82) is 0 Å². The monoisotopic (exact) mass is 238 g/mol. The van der Waals surface area contributed by atoms with Gasteiger partial charge in [0.2, 0.25) is 5.91 Å². The van der Waals surface area contributed by atoms with Gasteiger partial charge in [-0.1, -0.05) is 26.2 Å². The van der Waals surface area contributed by atoms with Crippen molar-refractivity contribution in [3.8, 4) is 0 Å². The molecule has 0 saturated heterocycles. The summed E-state index contributed by atoms with van der Waals surface area (Å²) in [5.74, 6) is 1.85. The number of carbonyl (C=O) groups excluding carboxylic acids is 1. The second-order valence-corrected chi connectivity index (χ2v) is 5.95. The van der Waals surface area contributed by atoms with Gasteiger partial charge in [0.15, 0.2) is 0 Å². The van der Waals surface area contributed by atoms with Gasteiger partial charge in [0, 0.05) is 6.04 Å². The Morgan fingerprint density at radius 1 is 1.29 bits per heavy atom. The van der Waals surface area contributed by atoms with E-state index in [-0.39, 0.29) is 11.9 Å². The predicted octanol–water partition coefficient (Wildman–Crippen LogP) is 2.07. The first-order valence-electron chi connectivity index (χ1n) is 7.20. The highest BCUT2D eigenvalue weighted by Gasteiger charge is 2.32. The molecule has 0 aromatic rings. The Hall–Kier alpha value is -0.570. The van der Waals surface area contributed by atoms with Gasteiger partial charge >= 0.3 is 0 Å². The van der Waals surface area contributed by atoms with E-state index in [1.165, 1.54) is 25.7 Å². The summed E-state index contributed by atoms with van der Waals surface area (Å²) in [7, 11) is 0. The van der Waals surface area contributed by atoms with Crippen molar-refractivity contribution < 1.29 is 4.79 Å². The van der Waals surface area contributed by atoms with E-state index < -0.39 is 0 Å². The number of amides is 1. The van der Waals surface area contributed by atoms with E-state index in [9.17, 15) is 4.79 Å². The van der Waals surface area contributed by atoms with Crippen molar-refractivity contribution in [3.63, 3.8) is 0 Å². The minimum Gasteiger partial charge on any atom is -0.352 e. The first kappa shape index (κ1) is 12.9. The van der Waals surface area contributed by atoms with Crippen LogP contribution in [-0.4, -0.2) is 24.5 Å². The van der Waals surface area contributed by atoms with Gasteiger partial charge in [-0.25, -0.2) is 0 Å². The first-order valence-corrected chi connectivity index (χ1v) is 7.20. The number of rotatable bonds is 5. The third-order valence-electron chi connectivity index (χ3n) is 4.31. The van der Waals surface area contributed by atoms with Crippen LogP contribution in [0.2, 0.25) is 0 Å². The molecule has 0 bridgehead atoms. The normalized spacial score (nSPS) is 30.9. The maximum absolute atomic E-state index is 12.0. The van der Waals surface area contributed by atoms with Crippen LogP contribution in [-0.2, 0) is 4.79 Å². The molecule has 0 aromatic heterocycles. The highest BCUT2D eigenvalue weighted by Crippen LogP contribution is 2.36. The van der Waals surface area contributed by atoms with E-state index in [0.29, 0.717) is 6.04 Å². The molecule has 0 radical (unpaired) electrons. The maximum Gasteiger partial charge on any atom is 0.237 e. The molecule has 2 saturated carbocycles. The number of nitrogens with one attached hydrogen (secondary N) is 2.